The number of para-hydroxylation sites is 2. The van der Waals surface area contributed by atoms with Gasteiger partial charge in [-0.15, -0.1) is 0 Å². The van der Waals surface area contributed by atoms with Crippen LogP contribution in [0.5, 0.6) is 5.75 Å². The maximum absolute atomic E-state index is 13.5. The Morgan fingerprint density at radius 3 is 2.29 bits per heavy atom. The standard InChI is InChI=1S/C25H32ClN3O5/c1-7-29(19(30)14-27-24(33)34-25(4,5)6)21(17-12-8-11-16(3)22(17)31)23(32)28-20-15(2)10-9-13-18(20)26/h8-13,21,31H,7,14H2,1-6H3,(H,27,33)(H,28,32). The quantitative estimate of drug-likeness (QED) is 0.521. The molecule has 2 aromatic carbocycles. The molecule has 3 amide bonds. The molecule has 0 saturated heterocycles. The van der Waals surface area contributed by atoms with Crippen LogP contribution in [0, 0.1) is 13.8 Å². The fourth-order valence-corrected chi connectivity index (χ4v) is 3.67. The first kappa shape index (κ1) is 27.0. The van der Waals surface area contributed by atoms with Crippen molar-refractivity contribution in [1.29, 1.82) is 0 Å². The summed E-state index contributed by atoms with van der Waals surface area (Å²) in [6, 6.07) is 9.03. The molecule has 8 nitrogen and oxygen atoms in total. The van der Waals surface area contributed by atoms with Crippen LogP contribution in [0.25, 0.3) is 0 Å². The first-order valence-corrected chi connectivity index (χ1v) is 11.3. The number of benzene rings is 2. The number of carbonyl (C=O) groups is 3. The molecule has 3 N–H and O–H groups in total. The van der Waals surface area contributed by atoms with Crippen molar-refractivity contribution in [3.8, 4) is 5.75 Å². The van der Waals surface area contributed by atoms with Crippen LogP contribution in [0.2, 0.25) is 5.02 Å². The van der Waals surface area contributed by atoms with Gasteiger partial charge in [-0.05, 0) is 58.7 Å². The molecular formula is C25H32ClN3O5. The van der Waals surface area contributed by atoms with Gasteiger partial charge in [-0.2, -0.15) is 0 Å². The third-order valence-corrected chi connectivity index (χ3v) is 5.35. The van der Waals surface area contributed by atoms with Crippen LogP contribution in [0.4, 0.5) is 10.5 Å². The van der Waals surface area contributed by atoms with Crippen LogP contribution in [-0.4, -0.2) is 46.6 Å². The summed E-state index contributed by atoms with van der Waals surface area (Å²) < 4.78 is 5.18. The molecule has 1 atom stereocenters. The summed E-state index contributed by atoms with van der Waals surface area (Å²) in [5.74, 6) is -1.17. The van der Waals surface area contributed by atoms with Gasteiger partial charge in [-0.3, -0.25) is 9.59 Å². The number of anilines is 1. The van der Waals surface area contributed by atoms with Crippen LogP contribution in [0.15, 0.2) is 36.4 Å². The summed E-state index contributed by atoms with van der Waals surface area (Å²) in [5.41, 5.74) is 1.25. The molecule has 2 aromatic rings. The molecule has 184 valence electrons. The molecule has 0 radical (unpaired) electrons. The first-order valence-electron chi connectivity index (χ1n) is 11.0. The molecule has 0 aliphatic rings. The van der Waals surface area contributed by atoms with Crippen molar-refractivity contribution in [1.82, 2.24) is 10.2 Å². The third kappa shape index (κ3) is 6.87. The molecule has 0 spiro atoms. The number of aryl methyl sites for hydroxylation is 2. The number of aromatic hydroxyl groups is 1. The van der Waals surface area contributed by atoms with E-state index in [4.69, 9.17) is 16.3 Å². The molecule has 0 heterocycles. The Morgan fingerprint density at radius 1 is 1.09 bits per heavy atom. The fraction of sp³-hybridized carbons (Fsp3) is 0.400. The van der Waals surface area contributed by atoms with Gasteiger partial charge in [0.25, 0.3) is 5.91 Å². The molecule has 0 aliphatic heterocycles. The van der Waals surface area contributed by atoms with E-state index in [1.807, 2.05) is 0 Å². The number of phenols is 1. The minimum atomic E-state index is -1.17. The van der Waals surface area contributed by atoms with E-state index in [-0.39, 0.29) is 24.4 Å². The lowest BCUT2D eigenvalue weighted by Crippen LogP contribution is -2.46. The highest BCUT2D eigenvalue weighted by molar-refractivity contribution is 6.34. The largest absolute Gasteiger partial charge is 0.507 e. The van der Waals surface area contributed by atoms with Crippen LogP contribution < -0.4 is 10.6 Å². The highest BCUT2D eigenvalue weighted by atomic mass is 35.5. The summed E-state index contributed by atoms with van der Waals surface area (Å²) in [6.07, 6.45) is -0.747. The number of halogens is 1. The Kier molecular flexibility index (Phi) is 8.93. The number of hydrogen-bond donors (Lipinski definition) is 3. The Labute approximate surface area is 205 Å². The zero-order chi connectivity index (χ0) is 25.6. The highest BCUT2D eigenvalue weighted by Gasteiger charge is 2.33. The summed E-state index contributed by atoms with van der Waals surface area (Å²) in [6.45, 7) is 10.1. The first-order chi connectivity index (χ1) is 15.9. The van der Waals surface area contributed by atoms with Crippen LogP contribution >= 0.6 is 11.6 Å². The fourth-order valence-electron chi connectivity index (χ4n) is 3.40. The van der Waals surface area contributed by atoms with Crippen LogP contribution in [-0.2, 0) is 14.3 Å². The third-order valence-electron chi connectivity index (χ3n) is 5.04. The Bertz CT molecular complexity index is 1040. The number of alkyl carbamates (subject to hydrolysis) is 1. The van der Waals surface area contributed by atoms with E-state index in [1.54, 1.807) is 77.9 Å². The van der Waals surface area contributed by atoms with E-state index in [0.717, 1.165) is 5.56 Å². The highest BCUT2D eigenvalue weighted by Crippen LogP contribution is 2.34. The zero-order valence-corrected chi connectivity index (χ0v) is 21.1. The second-order valence-corrected chi connectivity index (χ2v) is 9.28. The molecule has 0 bridgehead atoms. The van der Waals surface area contributed by atoms with E-state index >= 15 is 0 Å². The molecule has 1 unspecified atom stereocenters. The van der Waals surface area contributed by atoms with Crippen molar-refractivity contribution < 1.29 is 24.2 Å². The number of amides is 3. The molecule has 0 saturated carbocycles. The van der Waals surface area contributed by atoms with Gasteiger partial charge in [0.15, 0.2) is 0 Å². The average Bonchev–Trinajstić information content (AvgIpc) is 2.74. The van der Waals surface area contributed by atoms with E-state index in [0.29, 0.717) is 16.3 Å². The van der Waals surface area contributed by atoms with Gasteiger partial charge in [0, 0.05) is 12.1 Å². The molecule has 0 aromatic heterocycles. The van der Waals surface area contributed by atoms with Gasteiger partial charge >= 0.3 is 6.09 Å². The number of carbonyl (C=O) groups excluding carboxylic acids is 3. The molecule has 0 fully saturated rings. The van der Waals surface area contributed by atoms with Crippen molar-refractivity contribution in [2.24, 2.45) is 0 Å². The van der Waals surface area contributed by atoms with Gasteiger partial charge in [0.2, 0.25) is 5.91 Å². The maximum Gasteiger partial charge on any atom is 0.408 e. The van der Waals surface area contributed by atoms with Crippen molar-refractivity contribution >= 4 is 35.2 Å². The second-order valence-electron chi connectivity index (χ2n) is 8.87. The smallest absolute Gasteiger partial charge is 0.408 e. The van der Waals surface area contributed by atoms with Gasteiger partial charge in [-0.1, -0.05) is 41.9 Å². The SMILES string of the molecule is CCN(C(=O)CNC(=O)OC(C)(C)C)C(C(=O)Nc1c(C)cccc1Cl)c1cccc(C)c1O. The number of ether oxygens (including phenoxy) is 1. The number of likely N-dealkylation sites (N-methyl/N-ethyl adjacent to an activating group) is 1. The number of nitrogens with zero attached hydrogens (tertiary/aromatic N) is 1. The molecular weight excluding hydrogens is 458 g/mol. The van der Waals surface area contributed by atoms with E-state index < -0.39 is 29.6 Å². The average molecular weight is 490 g/mol. The lowest BCUT2D eigenvalue weighted by Gasteiger charge is -2.31. The van der Waals surface area contributed by atoms with Crippen LogP contribution in [0.1, 0.15) is 50.4 Å². The minimum Gasteiger partial charge on any atom is -0.507 e. The van der Waals surface area contributed by atoms with E-state index in [9.17, 15) is 19.5 Å². The Morgan fingerprint density at radius 2 is 1.71 bits per heavy atom. The van der Waals surface area contributed by atoms with Crippen LogP contribution in [0.3, 0.4) is 0 Å². The topological polar surface area (TPSA) is 108 Å². The number of rotatable bonds is 7. The zero-order valence-electron chi connectivity index (χ0n) is 20.4. The maximum atomic E-state index is 13.5. The normalized spacial score (nSPS) is 12.0. The summed E-state index contributed by atoms with van der Waals surface area (Å²) >= 11 is 6.29. The minimum absolute atomic E-state index is 0.0927. The van der Waals surface area contributed by atoms with Crippen molar-refractivity contribution in [2.45, 2.75) is 53.2 Å². The lowest BCUT2D eigenvalue weighted by atomic mass is 9.99. The molecule has 2 rings (SSSR count). The molecule has 0 aliphatic carbocycles. The molecule has 34 heavy (non-hydrogen) atoms. The molecule has 9 heteroatoms. The van der Waals surface area contributed by atoms with Crippen molar-refractivity contribution in [3.05, 3.63) is 58.1 Å². The number of phenolic OH excluding ortho intramolecular Hbond substituents is 1. The van der Waals surface area contributed by atoms with E-state index in [1.165, 1.54) is 4.90 Å². The Hall–Kier alpha value is -3.26. The van der Waals surface area contributed by atoms with Gasteiger partial charge in [0.05, 0.1) is 10.7 Å². The number of nitrogens with one attached hydrogen (secondary N) is 2. The predicted molar refractivity (Wildman–Crippen MR) is 132 cm³/mol. The van der Waals surface area contributed by atoms with Gasteiger partial charge < -0.3 is 25.4 Å². The summed E-state index contributed by atoms with van der Waals surface area (Å²) in [7, 11) is 0. The van der Waals surface area contributed by atoms with E-state index in [2.05, 4.69) is 10.6 Å². The van der Waals surface area contributed by atoms with Gasteiger partial charge in [0.1, 0.15) is 23.9 Å². The summed E-state index contributed by atoms with van der Waals surface area (Å²) in [4.78, 5) is 39.9. The monoisotopic (exact) mass is 489 g/mol. The van der Waals surface area contributed by atoms with Crippen molar-refractivity contribution in [2.75, 3.05) is 18.4 Å². The Balaban J connectivity index is 2.39. The van der Waals surface area contributed by atoms with Crippen molar-refractivity contribution in [3.63, 3.8) is 0 Å². The van der Waals surface area contributed by atoms with Gasteiger partial charge in [-0.25, -0.2) is 4.79 Å². The number of hydrogen-bond acceptors (Lipinski definition) is 5. The predicted octanol–water partition coefficient (Wildman–Crippen LogP) is 4.72. The lowest BCUT2D eigenvalue weighted by molar-refractivity contribution is -0.138. The summed E-state index contributed by atoms with van der Waals surface area (Å²) in [5, 5.41) is 16.3. The second kappa shape index (κ2) is 11.2.